The average Bonchev–Trinajstić information content (AvgIpc) is 2.75. The lowest BCUT2D eigenvalue weighted by atomic mass is 10.1. The van der Waals surface area contributed by atoms with Crippen molar-refractivity contribution in [2.75, 3.05) is 19.8 Å². The molecule has 1 heterocycles. The van der Waals surface area contributed by atoms with Gasteiger partial charge in [0.25, 0.3) is 0 Å². The normalized spacial score (nSPS) is 12.9. The summed E-state index contributed by atoms with van der Waals surface area (Å²) >= 11 is 7.93. The fraction of sp³-hybridized carbons (Fsp3) is 0.692. The van der Waals surface area contributed by atoms with Gasteiger partial charge in [0.05, 0.1) is 5.02 Å². The molecule has 1 aromatic rings. The van der Waals surface area contributed by atoms with Crippen LogP contribution in [0.15, 0.2) is 11.4 Å². The summed E-state index contributed by atoms with van der Waals surface area (Å²) in [5.41, 5.74) is 0. The molecule has 17 heavy (non-hydrogen) atoms. The zero-order valence-corrected chi connectivity index (χ0v) is 12.2. The van der Waals surface area contributed by atoms with Crippen LogP contribution in [0.25, 0.3) is 0 Å². The summed E-state index contributed by atoms with van der Waals surface area (Å²) in [6.45, 7) is 6.88. The highest BCUT2D eigenvalue weighted by Gasteiger charge is 2.14. The van der Waals surface area contributed by atoms with Gasteiger partial charge in [0, 0.05) is 24.1 Å². The van der Waals surface area contributed by atoms with Gasteiger partial charge >= 0.3 is 0 Å². The molecule has 0 aliphatic heterocycles. The fourth-order valence-electron chi connectivity index (χ4n) is 1.73. The van der Waals surface area contributed by atoms with Crippen molar-refractivity contribution in [3.8, 4) is 0 Å². The van der Waals surface area contributed by atoms with E-state index in [0.717, 1.165) is 44.0 Å². The van der Waals surface area contributed by atoms with E-state index >= 15 is 0 Å². The molecule has 1 atom stereocenters. The topological polar surface area (TPSA) is 21.3 Å². The van der Waals surface area contributed by atoms with Crippen molar-refractivity contribution in [1.82, 2.24) is 5.32 Å². The summed E-state index contributed by atoms with van der Waals surface area (Å²) in [7, 11) is 0. The Bertz CT molecular complexity index is 303. The summed E-state index contributed by atoms with van der Waals surface area (Å²) in [6, 6.07) is 2.35. The Morgan fingerprint density at radius 1 is 1.47 bits per heavy atom. The second-order valence-electron chi connectivity index (χ2n) is 3.98. The molecule has 0 aliphatic rings. The molecule has 0 aliphatic carbocycles. The Hall–Kier alpha value is -0.0900. The molecule has 1 N–H and O–H groups in total. The monoisotopic (exact) mass is 275 g/mol. The van der Waals surface area contributed by atoms with Gasteiger partial charge in [-0.2, -0.15) is 0 Å². The largest absolute Gasteiger partial charge is 0.382 e. The van der Waals surface area contributed by atoms with E-state index in [-0.39, 0.29) is 0 Å². The molecule has 0 spiro atoms. The standard InChI is InChI=1S/C13H22ClNOS/c1-3-8-15-12(6-5-9-16-4-2)13-11(14)7-10-17-13/h7,10,12,15H,3-6,8-9H2,1-2H3. The van der Waals surface area contributed by atoms with E-state index in [1.165, 1.54) is 4.88 Å². The third-order valence-corrected chi connectivity index (χ3v) is 4.06. The Morgan fingerprint density at radius 2 is 2.29 bits per heavy atom. The molecule has 0 saturated carbocycles. The van der Waals surface area contributed by atoms with Gasteiger partial charge in [-0.05, 0) is 44.2 Å². The lowest BCUT2D eigenvalue weighted by Crippen LogP contribution is -2.22. The SMILES string of the molecule is CCCNC(CCCOCC)c1sccc1Cl. The van der Waals surface area contributed by atoms with Crippen LogP contribution in [0.1, 0.15) is 44.0 Å². The maximum atomic E-state index is 6.19. The van der Waals surface area contributed by atoms with Crippen LogP contribution in [0.5, 0.6) is 0 Å². The van der Waals surface area contributed by atoms with E-state index < -0.39 is 0 Å². The van der Waals surface area contributed by atoms with E-state index in [1.54, 1.807) is 11.3 Å². The Labute approximate surface area is 113 Å². The number of ether oxygens (including phenoxy) is 1. The molecule has 0 radical (unpaired) electrons. The highest BCUT2D eigenvalue weighted by molar-refractivity contribution is 7.10. The maximum Gasteiger partial charge on any atom is 0.0561 e. The van der Waals surface area contributed by atoms with Crippen molar-refractivity contribution in [3.05, 3.63) is 21.3 Å². The fourth-order valence-corrected chi connectivity index (χ4v) is 3.03. The number of nitrogens with one attached hydrogen (secondary N) is 1. The van der Waals surface area contributed by atoms with Crippen molar-refractivity contribution in [2.45, 2.75) is 39.2 Å². The summed E-state index contributed by atoms with van der Waals surface area (Å²) < 4.78 is 5.38. The molecule has 1 rings (SSSR count). The molecule has 2 nitrogen and oxygen atoms in total. The third kappa shape index (κ3) is 5.38. The molecule has 0 amide bonds. The zero-order chi connectivity index (χ0) is 12.5. The minimum Gasteiger partial charge on any atom is -0.382 e. The molecule has 98 valence electrons. The van der Waals surface area contributed by atoms with Gasteiger partial charge in [-0.25, -0.2) is 0 Å². The smallest absolute Gasteiger partial charge is 0.0561 e. The molecule has 4 heteroatoms. The number of thiophene rings is 1. The first-order chi connectivity index (χ1) is 8.29. The molecule has 0 saturated heterocycles. The predicted octanol–water partition coefficient (Wildman–Crippen LogP) is 4.26. The number of hydrogen-bond acceptors (Lipinski definition) is 3. The Kier molecular flexibility index (Phi) is 7.86. The van der Waals surface area contributed by atoms with Crippen LogP contribution >= 0.6 is 22.9 Å². The van der Waals surface area contributed by atoms with Crippen LogP contribution in [0.3, 0.4) is 0 Å². The van der Waals surface area contributed by atoms with Gasteiger partial charge in [-0.15, -0.1) is 11.3 Å². The van der Waals surface area contributed by atoms with Gasteiger partial charge in [-0.3, -0.25) is 0 Å². The van der Waals surface area contributed by atoms with Crippen molar-refractivity contribution in [1.29, 1.82) is 0 Å². The first-order valence-corrected chi connectivity index (χ1v) is 7.59. The molecular weight excluding hydrogens is 254 g/mol. The van der Waals surface area contributed by atoms with Gasteiger partial charge in [-0.1, -0.05) is 18.5 Å². The third-order valence-electron chi connectivity index (χ3n) is 2.59. The van der Waals surface area contributed by atoms with E-state index in [9.17, 15) is 0 Å². The number of rotatable bonds is 9. The van der Waals surface area contributed by atoms with Crippen LogP contribution in [0, 0.1) is 0 Å². The minimum atomic E-state index is 0.378. The van der Waals surface area contributed by atoms with E-state index in [4.69, 9.17) is 16.3 Å². The molecule has 0 aromatic carbocycles. The van der Waals surface area contributed by atoms with Gasteiger partial charge < -0.3 is 10.1 Å². The highest BCUT2D eigenvalue weighted by atomic mass is 35.5. The first-order valence-electron chi connectivity index (χ1n) is 6.33. The molecular formula is C13H22ClNOS. The van der Waals surface area contributed by atoms with Gasteiger partial charge in [0.15, 0.2) is 0 Å². The van der Waals surface area contributed by atoms with Crippen molar-refractivity contribution in [3.63, 3.8) is 0 Å². The molecule has 0 bridgehead atoms. The summed E-state index contributed by atoms with van der Waals surface area (Å²) in [4.78, 5) is 1.26. The number of halogens is 1. The van der Waals surface area contributed by atoms with Gasteiger partial charge in [0.1, 0.15) is 0 Å². The van der Waals surface area contributed by atoms with Crippen LogP contribution in [-0.2, 0) is 4.74 Å². The van der Waals surface area contributed by atoms with Gasteiger partial charge in [0.2, 0.25) is 0 Å². The summed E-state index contributed by atoms with van der Waals surface area (Å²) in [6.07, 6.45) is 3.30. The highest BCUT2D eigenvalue weighted by Crippen LogP contribution is 2.31. The van der Waals surface area contributed by atoms with Crippen LogP contribution < -0.4 is 5.32 Å². The second-order valence-corrected chi connectivity index (χ2v) is 5.33. The van der Waals surface area contributed by atoms with E-state index in [1.807, 2.05) is 13.0 Å². The maximum absolute atomic E-state index is 6.19. The predicted molar refractivity (Wildman–Crippen MR) is 76.1 cm³/mol. The lowest BCUT2D eigenvalue weighted by molar-refractivity contribution is 0.141. The average molecular weight is 276 g/mol. The van der Waals surface area contributed by atoms with E-state index in [0.29, 0.717) is 6.04 Å². The van der Waals surface area contributed by atoms with Crippen molar-refractivity contribution in [2.24, 2.45) is 0 Å². The Balaban J connectivity index is 2.46. The van der Waals surface area contributed by atoms with E-state index in [2.05, 4.69) is 17.6 Å². The second kappa shape index (κ2) is 8.92. The van der Waals surface area contributed by atoms with Crippen LogP contribution in [0.2, 0.25) is 5.02 Å². The summed E-state index contributed by atoms with van der Waals surface area (Å²) in [5, 5.41) is 6.51. The van der Waals surface area contributed by atoms with Crippen LogP contribution in [-0.4, -0.2) is 19.8 Å². The Morgan fingerprint density at radius 3 is 2.88 bits per heavy atom. The number of hydrogen-bond donors (Lipinski definition) is 1. The lowest BCUT2D eigenvalue weighted by Gasteiger charge is -2.17. The zero-order valence-electron chi connectivity index (χ0n) is 10.7. The van der Waals surface area contributed by atoms with Crippen molar-refractivity contribution < 1.29 is 4.74 Å². The van der Waals surface area contributed by atoms with Crippen LogP contribution in [0.4, 0.5) is 0 Å². The molecule has 1 aromatic heterocycles. The quantitative estimate of drug-likeness (QED) is 0.680. The first kappa shape index (κ1) is 15.0. The molecule has 0 fully saturated rings. The molecule has 1 unspecified atom stereocenters. The minimum absolute atomic E-state index is 0.378. The van der Waals surface area contributed by atoms with Crippen molar-refractivity contribution >= 4 is 22.9 Å². The summed E-state index contributed by atoms with van der Waals surface area (Å²) in [5.74, 6) is 0.